The van der Waals surface area contributed by atoms with Crippen molar-refractivity contribution >= 4 is 0 Å². The monoisotopic (exact) mass is 151 g/mol. The van der Waals surface area contributed by atoms with Crippen LogP contribution in [0.1, 0.15) is 18.2 Å². The van der Waals surface area contributed by atoms with Crippen LogP contribution in [-0.2, 0) is 13.0 Å². The molecule has 1 aliphatic rings. The largest absolute Gasteiger partial charge is 0.299 e. The Kier molecular flexibility index (Phi) is 1.66. The minimum atomic E-state index is 1.07. The highest BCUT2D eigenvalue weighted by atomic mass is 15.2. The van der Waals surface area contributed by atoms with E-state index in [0.717, 1.165) is 19.5 Å². The van der Waals surface area contributed by atoms with Gasteiger partial charge in [-0.1, -0.05) is 6.92 Å². The lowest BCUT2D eigenvalue weighted by atomic mass is 10.1. The number of hydrogen-bond donors (Lipinski definition) is 1. The highest BCUT2D eigenvalue weighted by Gasteiger charge is 2.15. The highest BCUT2D eigenvalue weighted by Crippen LogP contribution is 2.14. The van der Waals surface area contributed by atoms with Gasteiger partial charge in [-0.3, -0.25) is 10.00 Å². The van der Waals surface area contributed by atoms with E-state index in [1.165, 1.54) is 17.8 Å². The van der Waals surface area contributed by atoms with E-state index in [2.05, 4.69) is 22.0 Å². The van der Waals surface area contributed by atoms with Crippen LogP contribution < -0.4 is 0 Å². The molecule has 3 heteroatoms. The fourth-order valence-corrected chi connectivity index (χ4v) is 1.55. The molecule has 3 nitrogen and oxygen atoms in total. The van der Waals surface area contributed by atoms with Crippen LogP contribution in [0, 0.1) is 0 Å². The molecule has 60 valence electrons. The van der Waals surface area contributed by atoms with E-state index < -0.39 is 0 Å². The lowest BCUT2D eigenvalue weighted by Crippen LogP contribution is -2.29. The number of fused-ring (bicyclic) bond motifs is 1. The van der Waals surface area contributed by atoms with Gasteiger partial charge in [0.15, 0.2) is 0 Å². The number of rotatable bonds is 1. The molecule has 0 saturated carbocycles. The molecular formula is C8H13N3. The molecule has 1 N–H and O–H groups in total. The summed E-state index contributed by atoms with van der Waals surface area (Å²) >= 11 is 0. The SMILES string of the molecule is CCN1CCc2[nH]ncc2C1. The van der Waals surface area contributed by atoms with Crippen LogP contribution in [-0.4, -0.2) is 28.2 Å². The van der Waals surface area contributed by atoms with E-state index in [4.69, 9.17) is 0 Å². The van der Waals surface area contributed by atoms with Gasteiger partial charge in [0.05, 0.1) is 6.20 Å². The summed E-state index contributed by atoms with van der Waals surface area (Å²) in [6, 6.07) is 0. The third-order valence-electron chi connectivity index (χ3n) is 2.33. The number of aromatic nitrogens is 2. The van der Waals surface area contributed by atoms with Crippen molar-refractivity contribution < 1.29 is 0 Å². The molecule has 0 spiro atoms. The zero-order valence-corrected chi connectivity index (χ0v) is 6.80. The van der Waals surface area contributed by atoms with Gasteiger partial charge in [-0.25, -0.2) is 0 Å². The molecular weight excluding hydrogens is 138 g/mol. The van der Waals surface area contributed by atoms with Gasteiger partial charge in [0.2, 0.25) is 0 Å². The average Bonchev–Trinajstić information content (AvgIpc) is 2.50. The first-order valence-corrected chi connectivity index (χ1v) is 4.13. The number of H-pyrrole nitrogens is 1. The molecule has 0 aliphatic carbocycles. The predicted molar refractivity (Wildman–Crippen MR) is 43.2 cm³/mol. The molecule has 1 aliphatic heterocycles. The van der Waals surface area contributed by atoms with E-state index in [-0.39, 0.29) is 0 Å². The van der Waals surface area contributed by atoms with Gasteiger partial charge in [-0.05, 0) is 6.54 Å². The molecule has 0 radical (unpaired) electrons. The van der Waals surface area contributed by atoms with Gasteiger partial charge in [0.1, 0.15) is 0 Å². The van der Waals surface area contributed by atoms with Crippen LogP contribution in [0.2, 0.25) is 0 Å². The Morgan fingerprint density at radius 3 is 3.45 bits per heavy atom. The Hall–Kier alpha value is -0.830. The molecule has 0 bridgehead atoms. The van der Waals surface area contributed by atoms with Crippen molar-refractivity contribution in [2.24, 2.45) is 0 Å². The average molecular weight is 151 g/mol. The Morgan fingerprint density at radius 1 is 1.73 bits per heavy atom. The van der Waals surface area contributed by atoms with Crippen LogP contribution in [0.4, 0.5) is 0 Å². The topological polar surface area (TPSA) is 31.9 Å². The van der Waals surface area contributed by atoms with Gasteiger partial charge in [0, 0.05) is 30.8 Å². The minimum absolute atomic E-state index is 1.07. The minimum Gasteiger partial charge on any atom is -0.299 e. The lowest BCUT2D eigenvalue weighted by Gasteiger charge is -2.24. The fraction of sp³-hybridized carbons (Fsp3) is 0.625. The summed E-state index contributed by atoms with van der Waals surface area (Å²) < 4.78 is 0. The molecule has 0 atom stereocenters. The third-order valence-corrected chi connectivity index (χ3v) is 2.33. The second-order valence-electron chi connectivity index (χ2n) is 2.99. The number of likely N-dealkylation sites (N-methyl/N-ethyl adjacent to an activating group) is 1. The number of aromatic amines is 1. The molecule has 11 heavy (non-hydrogen) atoms. The van der Waals surface area contributed by atoms with Crippen molar-refractivity contribution in [2.75, 3.05) is 13.1 Å². The summed E-state index contributed by atoms with van der Waals surface area (Å²) in [6.07, 6.45) is 3.07. The molecule has 1 aromatic heterocycles. The van der Waals surface area contributed by atoms with Crippen molar-refractivity contribution in [3.63, 3.8) is 0 Å². The van der Waals surface area contributed by atoms with E-state index in [1.807, 2.05) is 6.20 Å². The zero-order valence-electron chi connectivity index (χ0n) is 6.80. The molecule has 2 rings (SSSR count). The van der Waals surface area contributed by atoms with Crippen LogP contribution in [0.5, 0.6) is 0 Å². The smallest absolute Gasteiger partial charge is 0.0535 e. The second-order valence-corrected chi connectivity index (χ2v) is 2.99. The molecule has 0 fully saturated rings. The van der Waals surface area contributed by atoms with Crippen LogP contribution in [0.3, 0.4) is 0 Å². The molecule has 1 aromatic rings. The second kappa shape index (κ2) is 2.66. The maximum atomic E-state index is 4.02. The van der Waals surface area contributed by atoms with Crippen molar-refractivity contribution in [2.45, 2.75) is 19.9 Å². The number of hydrogen-bond acceptors (Lipinski definition) is 2. The predicted octanol–water partition coefficient (Wildman–Crippen LogP) is 0.788. The zero-order chi connectivity index (χ0) is 7.68. The summed E-state index contributed by atoms with van der Waals surface area (Å²) in [5.74, 6) is 0. The van der Waals surface area contributed by atoms with Gasteiger partial charge < -0.3 is 0 Å². The standard InChI is InChI=1S/C8H13N3/c1-2-11-4-3-8-7(6-11)5-9-10-8/h5H,2-4,6H2,1H3,(H,9,10). The Morgan fingerprint density at radius 2 is 2.64 bits per heavy atom. The summed E-state index contributed by atoms with van der Waals surface area (Å²) in [7, 11) is 0. The summed E-state index contributed by atoms with van der Waals surface area (Å²) in [6.45, 7) is 5.59. The molecule has 0 saturated heterocycles. The van der Waals surface area contributed by atoms with Gasteiger partial charge in [0.25, 0.3) is 0 Å². The van der Waals surface area contributed by atoms with Crippen LogP contribution >= 0.6 is 0 Å². The Bertz CT molecular complexity index is 241. The maximum Gasteiger partial charge on any atom is 0.0535 e. The van der Waals surface area contributed by atoms with E-state index in [1.54, 1.807) is 0 Å². The normalized spacial score (nSPS) is 18.3. The van der Waals surface area contributed by atoms with Crippen molar-refractivity contribution in [3.05, 3.63) is 17.5 Å². The first-order valence-electron chi connectivity index (χ1n) is 4.13. The maximum absolute atomic E-state index is 4.02. The molecule has 0 aromatic carbocycles. The third kappa shape index (κ3) is 1.16. The van der Waals surface area contributed by atoms with E-state index in [9.17, 15) is 0 Å². The summed E-state index contributed by atoms with van der Waals surface area (Å²) in [5, 5.41) is 7.05. The van der Waals surface area contributed by atoms with Gasteiger partial charge in [-0.15, -0.1) is 0 Å². The first kappa shape index (κ1) is 6.85. The number of nitrogens with zero attached hydrogens (tertiary/aromatic N) is 2. The molecule has 0 amide bonds. The van der Waals surface area contributed by atoms with Crippen LogP contribution in [0.25, 0.3) is 0 Å². The lowest BCUT2D eigenvalue weighted by molar-refractivity contribution is 0.267. The summed E-state index contributed by atoms with van der Waals surface area (Å²) in [5.41, 5.74) is 2.70. The first-order chi connectivity index (χ1) is 5.40. The highest BCUT2D eigenvalue weighted by molar-refractivity contribution is 5.18. The van der Waals surface area contributed by atoms with Crippen molar-refractivity contribution in [1.29, 1.82) is 0 Å². The Labute approximate surface area is 66.4 Å². The molecule has 0 unspecified atom stereocenters. The van der Waals surface area contributed by atoms with E-state index in [0.29, 0.717) is 0 Å². The van der Waals surface area contributed by atoms with E-state index >= 15 is 0 Å². The van der Waals surface area contributed by atoms with Gasteiger partial charge in [-0.2, -0.15) is 5.10 Å². The van der Waals surface area contributed by atoms with Crippen molar-refractivity contribution in [3.8, 4) is 0 Å². The summed E-state index contributed by atoms with van der Waals surface area (Å²) in [4.78, 5) is 2.43. The van der Waals surface area contributed by atoms with Crippen molar-refractivity contribution in [1.82, 2.24) is 15.1 Å². The van der Waals surface area contributed by atoms with Crippen LogP contribution in [0.15, 0.2) is 6.20 Å². The number of nitrogens with one attached hydrogen (secondary N) is 1. The Balaban J connectivity index is 2.18. The molecule has 2 heterocycles. The fourth-order valence-electron chi connectivity index (χ4n) is 1.55. The quantitative estimate of drug-likeness (QED) is 0.643. The van der Waals surface area contributed by atoms with Gasteiger partial charge >= 0.3 is 0 Å².